The van der Waals surface area contributed by atoms with Crippen LogP contribution in [0.3, 0.4) is 0 Å². The van der Waals surface area contributed by atoms with Crippen LogP contribution in [-0.2, 0) is 16.6 Å². The molecule has 1 atom stereocenters. The van der Waals surface area contributed by atoms with Crippen molar-refractivity contribution in [3.8, 4) is 11.4 Å². The zero-order chi connectivity index (χ0) is 20.4. The number of hydrogen-bond donors (Lipinski definition) is 0. The second kappa shape index (κ2) is 8.46. The average Bonchev–Trinajstić information content (AvgIpc) is 2.95. The summed E-state index contributed by atoms with van der Waals surface area (Å²) in [5.74, 6) is 1.12. The van der Waals surface area contributed by atoms with Crippen LogP contribution in [0, 0.1) is 0 Å². The van der Waals surface area contributed by atoms with E-state index in [9.17, 15) is 4.79 Å². The van der Waals surface area contributed by atoms with E-state index in [4.69, 9.17) is 4.98 Å². The number of piperidine rings is 1. The maximum absolute atomic E-state index is 13.2. The van der Waals surface area contributed by atoms with Gasteiger partial charge in [-0.15, -0.1) is 0 Å². The second-order valence-corrected chi connectivity index (χ2v) is 9.32. The highest BCUT2D eigenvalue weighted by atomic mass is 16.2. The van der Waals surface area contributed by atoms with Crippen molar-refractivity contribution < 1.29 is 4.79 Å². The molecular weight excluding hydrogens is 372 g/mol. The molecule has 5 rings (SSSR count). The van der Waals surface area contributed by atoms with Crippen LogP contribution < -0.4 is 0 Å². The number of carbonyl (C=O) groups excluding carboxylic acids is 1. The average molecular weight is 405 g/mol. The number of likely N-dealkylation sites (tertiary alicyclic amines) is 2. The first kappa shape index (κ1) is 19.7. The van der Waals surface area contributed by atoms with Crippen LogP contribution in [0.1, 0.15) is 56.2 Å². The van der Waals surface area contributed by atoms with Gasteiger partial charge in [0.2, 0.25) is 5.91 Å². The van der Waals surface area contributed by atoms with Crippen LogP contribution >= 0.6 is 0 Å². The van der Waals surface area contributed by atoms with E-state index in [-0.39, 0.29) is 5.41 Å². The molecule has 3 heterocycles. The molecule has 0 N–H and O–H groups in total. The maximum Gasteiger partial charge on any atom is 0.236 e. The maximum atomic E-state index is 13.2. The third kappa shape index (κ3) is 3.87. The number of nitrogens with zero attached hydrogens (tertiary/aromatic N) is 4. The SMILES string of the molecule is O=C(CN1CCCCCC1)N1CCCC2(CCc3cnc(-c4ccccc4)nc32)C1. The van der Waals surface area contributed by atoms with Gasteiger partial charge in [-0.05, 0) is 57.2 Å². The Bertz CT molecular complexity index is 887. The predicted octanol–water partition coefficient (Wildman–Crippen LogP) is 3.83. The Morgan fingerprint density at radius 3 is 2.57 bits per heavy atom. The molecule has 0 saturated carbocycles. The summed E-state index contributed by atoms with van der Waals surface area (Å²) in [4.78, 5) is 27.4. The van der Waals surface area contributed by atoms with E-state index in [0.717, 1.165) is 63.3 Å². The summed E-state index contributed by atoms with van der Waals surface area (Å²) in [5.41, 5.74) is 3.54. The van der Waals surface area contributed by atoms with E-state index in [1.807, 2.05) is 24.4 Å². The summed E-state index contributed by atoms with van der Waals surface area (Å²) in [6.07, 6.45) is 11.4. The molecule has 30 heavy (non-hydrogen) atoms. The summed E-state index contributed by atoms with van der Waals surface area (Å²) in [6.45, 7) is 4.43. The normalized spacial score (nSPS) is 24.6. The lowest BCUT2D eigenvalue weighted by atomic mass is 9.77. The summed E-state index contributed by atoms with van der Waals surface area (Å²) in [5, 5.41) is 0. The first-order valence-corrected chi connectivity index (χ1v) is 11.7. The minimum atomic E-state index is 0.00843. The lowest BCUT2D eigenvalue weighted by molar-refractivity contribution is -0.134. The predicted molar refractivity (Wildman–Crippen MR) is 118 cm³/mol. The minimum Gasteiger partial charge on any atom is -0.341 e. The van der Waals surface area contributed by atoms with Gasteiger partial charge in [0.05, 0.1) is 12.2 Å². The molecule has 2 aliphatic heterocycles. The van der Waals surface area contributed by atoms with E-state index < -0.39 is 0 Å². The largest absolute Gasteiger partial charge is 0.341 e. The number of aryl methyl sites for hydroxylation is 1. The molecule has 2 aromatic rings. The van der Waals surface area contributed by atoms with Crippen molar-refractivity contribution in [1.29, 1.82) is 0 Å². The smallest absolute Gasteiger partial charge is 0.236 e. The topological polar surface area (TPSA) is 49.3 Å². The Morgan fingerprint density at radius 1 is 0.967 bits per heavy atom. The number of benzene rings is 1. The molecule has 5 heteroatoms. The van der Waals surface area contributed by atoms with Crippen molar-refractivity contribution in [1.82, 2.24) is 19.8 Å². The van der Waals surface area contributed by atoms with Gasteiger partial charge in [-0.1, -0.05) is 43.2 Å². The lowest BCUT2D eigenvalue weighted by Gasteiger charge is -2.41. The first-order valence-electron chi connectivity index (χ1n) is 11.7. The summed E-state index contributed by atoms with van der Waals surface area (Å²) < 4.78 is 0. The summed E-state index contributed by atoms with van der Waals surface area (Å²) in [7, 11) is 0. The number of fused-ring (bicyclic) bond motifs is 2. The van der Waals surface area contributed by atoms with Gasteiger partial charge in [-0.25, -0.2) is 9.97 Å². The molecule has 1 aromatic carbocycles. The van der Waals surface area contributed by atoms with E-state index in [0.29, 0.717) is 12.5 Å². The van der Waals surface area contributed by atoms with Gasteiger partial charge in [0.15, 0.2) is 5.82 Å². The van der Waals surface area contributed by atoms with Gasteiger partial charge in [-0.3, -0.25) is 9.69 Å². The monoisotopic (exact) mass is 404 g/mol. The highest BCUT2D eigenvalue weighted by Crippen LogP contribution is 2.44. The zero-order valence-corrected chi connectivity index (χ0v) is 17.9. The quantitative estimate of drug-likeness (QED) is 0.780. The summed E-state index contributed by atoms with van der Waals surface area (Å²) in [6, 6.07) is 10.2. The number of rotatable bonds is 3. The number of amides is 1. The minimum absolute atomic E-state index is 0.00843. The Kier molecular flexibility index (Phi) is 5.55. The van der Waals surface area contributed by atoms with Gasteiger partial charge in [0.1, 0.15) is 0 Å². The zero-order valence-electron chi connectivity index (χ0n) is 17.9. The Hall–Kier alpha value is -2.27. The number of carbonyl (C=O) groups is 1. The molecule has 158 valence electrons. The first-order chi connectivity index (χ1) is 14.7. The van der Waals surface area contributed by atoms with Crippen molar-refractivity contribution in [2.24, 2.45) is 0 Å². The van der Waals surface area contributed by atoms with E-state index >= 15 is 0 Å². The van der Waals surface area contributed by atoms with Crippen LogP contribution in [0.4, 0.5) is 0 Å². The highest BCUT2D eigenvalue weighted by Gasteiger charge is 2.44. The fourth-order valence-electron chi connectivity index (χ4n) is 5.60. The molecule has 1 aromatic heterocycles. The van der Waals surface area contributed by atoms with Crippen LogP contribution in [0.2, 0.25) is 0 Å². The molecule has 1 amide bonds. The van der Waals surface area contributed by atoms with Gasteiger partial charge in [0.25, 0.3) is 0 Å². The van der Waals surface area contributed by atoms with Crippen LogP contribution in [0.25, 0.3) is 11.4 Å². The van der Waals surface area contributed by atoms with Crippen molar-refractivity contribution in [2.45, 2.75) is 56.8 Å². The van der Waals surface area contributed by atoms with Gasteiger partial charge >= 0.3 is 0 Å². The molecule has 0 radical (unpaired) electrons. The molecule has 5 nitrogen and oxygen atoms in total. The highest BCUT2D eigenvalue weighted by molar-refractivity contribution is 5.78. The molecule has 1 spiro atoms. The Labute approximate surface area is 179 Å². The fraction of sp³-hybridized carbons (Fsp3) is 0.560. The summed E-state index contributed by atoms with van der Waals surface area (Å²) >= 11 is 0. The second-order valence-electron chi connectivity index (χ2n) is 9.32. The third-order valence-electron chi connectivity index (χ3n) is 7.26. The van der Waals surface area contributed by atoms with E-state index in [2.05, 4.69) is 26.9 Å². The van der Waals surface area contributed by atoms with E-state index in [1.54, 1.807) is 0 Å². The van der Waals surface area contributed by atoms with Gasteiger partial charge in [0, 0.05) is 30.3 Å². The van der Waals surface area contributed by atoms with Gasteiger partial charge in [-0.2, -0.15) is 0 Å². The number of hydrogen-bond acceptors (Lipinski definition) is 4. The third-order valence-corrected chi connectivity index (χ3v) is 7.26. The van der Waals surface area contributed by atoms with Crippen LogP contribution in [0.15, 0.2) is 36.5 Å². The van der Waals surface area contributed by atoms with Crippen LogP contribution in [-0.4, -0.2) is 58.4 Å². The molecule has 3 aliphatic rings. The molecule has 2 saturated heterocycles. The Morgan fingerprint density at radius 2 is 1.77 bits per heavy atom. The van der Waals surface area contributed by atoms with Crippen LogP contribution in [0.5, 0.6) is 0 Å². The fourth-order valence-corrected chi connectivity index (χ4v) is 5.60. The number of aromatic nitrogens is 2. The van der Waals surface area contributed by atoms with Crippen molar-refractivity contribution in [3.63, 3.8) is 0 Å². The van der Waals surface area contributed by atoms with Crippen molar-refractivity contribution in [2.75, 3.05) is 32.7 Å². The van der Waals surface area contributed by atoms with Crippen molar-refractivity contribution >= 4 is 5.91 Å². The van der Waals surface area contributed by atoms with Crippen molar-refractivity contribution in [3.05, 3.63) is 47.8 Å². The Balaban J connectivity index is 1.35. The molecule has 1 unspecified atom stereocenters. The standard InChI is InChI=1S/C25H32N4O/c30-22(18-28-14-6-1-2-7-15-28)29-16-8-12-25(19-29)13-11-21-17-26-24(27-23(21)25)20-9-4-3-5-10-20/h3-5,9-10,17H,1-2,6-8,11-16,18-19H2. The van der Waals surface area contributed by atoms with Gasteiger partial charge < -0.3 is 4.90 Å². The molecule has 2 fully saturated rings. The molecular formula is C25H32N4O. The molecule has 1 aliphatic carbocycles. The lowest BCUT2D eigenvalue weighted by Crippen LogP contribution is -2.50. The molecule has 0 bridgehead atoms. The van der Waals surface area contributed by atoms with E-state index in [1.165, 1.54) is 36.9 Å².